The SMILES string of the molecule is COc1ccc(CCNC(=O)c2cccc(S(=O)(=O)N3CCCCC3C)c2)c(OC)c1. The van der Waals surface area contributed by atoms with E-state index in [1.165, 1.54) is 6.07 Å². The van der Waals surface area contributed by atoms with Crippen LogP contribution in [0.1, 0.15) is 42.1 Å². The van der Waals surface area contributed by atoms with E-state index in [1.54, 1.807) is 42.8 Å². The highest BCUT2D eigenvalue weighted by Gasteiger charge is 2.31. The lowest BCUT2D eigenvalue weighted by molar-refractivity contribution is 0.0954. The van der Waals surface area contributed by atoms with Crippen LogP contribution in [-0.2, 0) is 16.4 Å². The number of hydrogen-bond acceptors (Lipinski definition) is 5. The molecule has 0 spiro atoms. The van der Waals surface area contributed by atoms with Crippen LogP contribution in [0.25, 0.3) is 0 Å². The largest absolute Gasteiger partial charge is 0.497 e. The molecule has 7 nitrogen and oxygen atoms in total. The van der Waals surface area contributed by atoms with Crippen LogP contribution in [0.4, 0.5) is 0 Å². The lowest BCUT2D eigenvalue weighted by Gasteiger charge is -2.32. The first-order valence-corrected chi connectivity index (χ1v) is 11.9. The highest BCUT2D eigenvalue weighted by Crippen LogP contribution is 2.26. The number of benzene rings is 2. The van der Waals surface area contributed by atoms with Gasteiger partial charge in [-0.15, -0.1) is 0 Å². The molecule has 0 bridgehead atoms. The van der Waals surface area contributed by atoms with Gasteiger partial charge in [0.2, 0.25) is 10.0 Å². The number of piperidine rings is 1. The van der Waals surface area contributed by atoms with Gasteiger partial charge in [-0.3, -0.25) is 4.79 Å². The molecule has 2 aromatic rings. The van der Waals surface area contributed by atoms with E-state index in [2.05, 4.69) is 5.32 Å². The summed E-state index contributed by atoms with van der Waals surface area (Å²) in [4.78, 5) is 12.8. The van der Waals surface area contributed by atoms with Crippen molar-refractivity contribution < 1.29 is 22.7 Å². The number of carbonyl (C=O) groups excluding carboxylic acids is 1. The maximum Gasteiger partial charge on any atom is 0.251 e. The molecule has 8 heteroatoms. The quantitative estimate of drug-likeness (QED) is 0.673. The fourth-order valence-electron chi connectivity index (χ4n) is 3.83. The van der Waals surface area contributed by atoms with E-state index in [0.29, 0.717) is 36.6 Å². The van der Waals surface area contributed by atoms with E-state index < -0.39 is 10.0 Å². The van der Waals surface area contributed by atoms with Gasteiger partial charge in [0.25, 0.3) is 5.91 Å². The van der Waals surface area contributed by atoms with E-state index in [-0.39, 0.29) is 16.8 Å². The molecule has 168 valence electrons. The van der Waals surface area contributed by atoms with Crippen LogP contribution in [0.15, 0.2) is 47.4 Å². The second-order valence-corrected chi connectivity index (χ2v) is 9.56. The van der Waals surface area contributed by atoms with Crippen LogP contribution < -0.4 is 14.8 Å². The molecule has 0 radical (unpaired) electrons. The maximum atomic E-state index is 13.1. The summed E-state index contributed by atoms with van der Waals surface area (Å²) in [6.07, 6.45) is 3.32. The predicted molar refractivity (Wildman–Crippen MR) is 119 cm³/mol. The first-order valence-electron chi connectivity index (χ1n) is 10.5. The van der Waals surface area contributed by atoms with E-state index in [1.807, 2.05) is 19.1 Å². The van der Waals surface area contributed by atoms with Gasteiger partial charge in [-0.25, -0.2) is 8.42 Å². The van der Waals surface area contributed by atoms with Gasteiger partial charge in [-0.05, 0) is 56.0 Å². The third-order valence-electron chi connectivity index (χ3n) is 5.62. The van der Waals surface area contributed by atoms with Crippen molar-refractivity contribution in [3.05, 3.63) is 53.6 Å². The number of carbonyl (C=O) groups is 1. The number of amides is 1. The molecule has 31 heavy (non-hydrogen) atoms. The summed E-state index contributed by atoms with van der Waals surface area (Å²) < 4.78 is 38.3. The summed E-state index contributed by atoms with van der Waals surface area (Å²) >= 11 is 0. The van der Waals surface area contributed by atoms with Crippen molar-refractivity contribution in [3.8, 4) is 11.5 Å². The molecule has 1 aliphatic rings. The number of methoxy groups -OCH3 is 2. The molecule has 2 aromatic carbocycles. The van der Waals surface area contributed by atoms with Gasteiger partial charge >= 0.3 is 0 Å². The average molecular weight is 447 g/mol. The molecule has 1 heterocycles. The van der Waals surface area contributed by atoms with Gasteiger partial charge in [-0.2, -0.15) is 4.31 Å². The summed E-state index contributed by atoms with van der Waals surface area (Å²) in [7, 11) is -0.440. The first-order chi connectivity index (χ1) is 14.9. The fraction of sp³-hybridized carbons (Fsp3) is 0.435. The van der Waals surface area contributed by atoms with Crippen molar-refractivity contribution in [2.24, 2.45) is 0 Å². The average Bonchev–Trinajstić information content (AvgIpc) is 2.79. The van der Waals surface area contributed by atoms with Crippen molar-refractivity contribution in [3.63, 3.8) is 0 Å². The van der Waals surface area contributed by atoms with Crippen LogP contribution in [0.2, 0.25) is 0 Å². The molecule has 1 aliphatic heterocycles. The highest BCUT2D eigenvalue weighted by molar-refractivity contribution is 7.89. The standard InChI is InChI=1S/C23H30N2O5S/c1-17-7-4-5-14-25(17)31(27,28)21-9-6-8-19(15-21)23(26)24-13-12-18-10-11-20(29-2)16-22(18)30-3/h6,8-11,15-17H,4-5,7,12-14H2,1-3H3,(H,24,26). The summed E-state index contributed by atoms with van der Waals surface area (Å²) in [5.74, 6) is 1.08. The topological polar surface area (TPSA) is 84.9 Å². The van der Waals surface area contributed by atoms with E-state index >= 15 is 0 Å². The Morgan fingerprint density at radius 2 is 1.94 bits per heavy atom. The molecule has 3 rings (SSSR count). The van der Waals surface area contributed by atoms with E-state index in [4.69, 9.17) is 9.47 Å². The van der Waals surface area contributed by atoms with E-state index in [0.717, 1.165) is 24.8 Å². The minimum absolute atomic E-state index is 0.0318. The molecule has 1 saturated heterocycles. The van der Waals surface area contributed by atoms with Gasteiger partial charge in [-0.1, -0.05) is 18.6 Å². The van der Waals surface area contributed by atoms with Crippen molar-refractivity contribution in [2.75, 3.05) is 27.3 Å². The number of hydrogen-bond donors (Lipinski definition) is 1. The predicted octanol–water partition coefficient (Wildman–Crippen LogP) is 3.24. The molecule has 1 atom stereocenters. The third kappa shape index (κ3) is 5.37. The molecule has 0 saturated carbocycles. The van der Waals surface area contributed by atoms with Crippen molar-refractivity contribution in [1.82, 2.24) is 9.62 Å². The molecule has 0 aromatic heterocycles. The fourth-order valence-corrected chi connectivity index (χ4v) is 5.58. The second kappa shape index (κ2) is 10.2. The zero-order chi connectivity index (χ0) is 22.4. The molecule has 1 N–H and O–H groups in total. The number of ether oxygens (including phenoxy) is 2. The lowest BCUT2D eigenvalue weighted by atomic mass is 10.1. The summed E-state index contributed by atoms with van der Waals surface area (Å²) in [5.41, 5.74) is 1.27. The Kier molecular flexibility index (Phi) is 7.56. The minimum Gasteiger partial charge on any atom is -0.497 e. The van der Waals surface area contributed by atoms with Gasteiger partial charge in [0.15, 0.2) is 0 Å². The van der Waals surface area contributed by atoms with Crippen molar-refractivity contribution >= 4 is 15.9 Å². The van der Waals surface area contributed by atoms with Crippen molar-refractivity contribution in [1.29, 1.82) is 0 Å². The third-order valence-corrected chi connectivity index (χ3v) is 7.63. The Bertz CT molecular complexity index is 1020. The second-order valence-electron chi connectivity index (χ2n) is 7.67. The zero-order valence-corrected chi connectivity index (χ0v) is 19.1. The number of nitrogens with zero attached hydrogens (tertiary/aromatic N) is 1. The molecule has 1 amide bonds. The van der Waals surface area contributed by atoms with Gasteiger partial charge in [0.1, 0.15) is 11.5 Å². The number of rotatable bonds is 8. The highest BCUT2D eigenvalue weighted by atomic mass is 32.2. The van der Waals surface area contributed by atoms with Gasteiger partial charge in [0.05, 0.1) is 19.1 Å². The normalized spacial score (nSPS) is 17.2. The Balaban J connectivity index is 1.67. The molecule has 1 unspecified atom stereocenters. The Morgan fingerprint density at radius 1 is 1.13 bits per heavy atom. The summed E-state index contributed by atoms with van der Waals surface area (Å²) in [6, 6.07) is 11.8. The number of nitrogens with one attached hydrogen (secondary N) is 1. The monoisotopic (exact) mass is 446 g/mol. The summed E-state index contributed by atoms with van der Waals surface area (Å²) in [5, 5.41) is 2.86. The molecule has 0 aliphatic carbocycles. The van der Waals surface area contributed by atoms with Crippen LogP contribution in [0.3, 0.4) is 0 Å². The number of sulfonamides is 1. The molecular formula is C23H30N2O5S. The van der Waals surface area contributed by atoms with Crippen LogP contribution in [0.5, 0.6) is 11.5 Å². The maximum absolute atomic E-state index is 13.1. The minimum atomic E-state index is -3.62. The molecular weight excluding hydrogens is 416 g/mol. The lowest BCUT2D eigenvalue weighted by Crippen LogP contribution is -2.42. The Hall–Kier alpha value is -2.58. The van der Waals surface area contributed by atoms with Gasteiger partial charge < -0.3 is 14.8 Å². The Labute approximate surface area is 184 Å². The van der Waals surface area contributed by atoms with Gasteiger partial charge in [0, 0.05) is 30.8 Å². The van der Waals surface area contributed by atoms with Crippen LogP contribution in [-0.4, -0.2) is 52.0 Å². The van der Waals surface area contributed by atoms with E-state index in [9.17, 15) is 13.2 Å². The van der Waals surface area contributed by atoms with Crippen LogP contribution >= 0.6 is 0 Å². The Morgan fingerprint density at radius 3 is 2.65 bits per heavy atom. The zero-order valence-electron chi connectivity index (χ0n) is 18.3. The van der Waals surface area contributed by atoms with Crippen LogP contribution in [0, 0.1) is 0 Å². The smallest absolute Gasteiger partial charge is 0.251 e. The van der Waals surface area contributed by atoms with Crippen molar-refractivity contribution in [2.45, 2.75) is 43.5 Å². The molecule has 1 fully saturated rings. The summed E-state index contributed by atoms with van der Waals surface area (Å²) in [6.45, 7) is 2.84. The first kappa shape index (κ1) is 23.1.